The fourth-order valence-electron chi connectivity index (χ4n) is 3.84. The number of nitrogens with zero attached hydrogens (tertiary/aromatic N) is 1. The number of carbonyl (C=O) groups is 2. The number of ether oxygens (including phenoxy) is 1. The van der Waals surface area contributed by atoms with Crippen molar-refractivity contribution < 1.29 is 42.8 Å². The Kier molecular flexibility index (Phi) is 6.00. The number of anilines is 1. The Morgan fingerprint density at radius 2 is 1.83 bits per heavy atom. The summed E-state index contributed by atoms with van der Waals surface area (Å²) < 4.78 is 39.4. The lowest BCUT2D eigenvalue weighted by atomic mass is 9.93. The first-order valence-electron chi connectivity index (χ1n) is 10.0. The molecule has 2 aliphatic rings. The molecule has 9 nitrogen and oxygen atoms in total. The van der Waals surface area contributed by atoms with Crippen LogP contribution >= 0.6 is 0 Å². The molecular formula is C24H15F2NO8-2. The zero-order chi connectivity index (χ0) is 25.4. The first-order chi connectivity index (χ1) is 16.6. The van der Waals surface area contributed by atoms with E-state index in [4.69, 9.17) is 14.3 Å². The molecule has 4 rings (SSSR count). The van der Waals surface area contributed by atoms with Crippen LogP contribution in [-0.2, 0) is 9.59 Å². The molecule has 1 aliphatic carbocycles. The van der Waals surface area contributed by atoms with Gasteiger partial charge in [-0.3, -0.25) is 9.59 Å². The standard InChI is InChI=1S/C24H17F2NO8/c1-34-21-4-11(2-3-16(21)27(9-22(30)31)10-23(32)33)24-12-5-14(25)17(28)7-19(12)35-20-8-18(29)15(26)6-13(20)24/h2-8,28H,9-10H2,1H3,(H,30,31)(H,32,33)/p-2. The third-order valence-corrected chi connectivity index (χ3v) is 5.28. The molecule has 0 unspecified atom stereocenters. The van der Waals surface area contributed by atoms with Gasteiger partial charge in [-0.05, 0) is 35.9 Å². The Labute approximate surface area is 195 Å². The van der Waals surface area contributed by atoms with Crippen LogP contribution in [0.4, 0.5) is 14.5 Å². The van der Waals surface area contributed by atoms with Crippen molar-refractivity contribution in [2.75, 3.05) is 25.1 Å². The minimum Gasteiger partial charge on any atom is -0.870 e. The lowest BCUT2D eigenvalue weighted by Crippen LogP contribution is -2.40. The highest BCUT2D eigenvalue weighted by atomic mass is 19.1. The van der Waals surface area contributed by atoms with Crippen LogP contribution in [-0.4, -0.2) is 37.2 Å². The van der Waals surface area contributed by atoms with Crippen LogP contribution in [0.3, 0.4) is 0 Å². The average Bonchev–Trinajstić information content (AvgIpc) is 2.78. The summed E-state index contributed by atoms with van der Waals surface area (Å²) >= 11 is 0. The number of carbonyl (C=O) groups excluding carboxylic acids is 1. The Hall–Kier alpha value is -4.67. The van der Waals surface area contributed by atoms with E-state index in [2.05, 4.69) is 0 Å². The fourth-order valence-corrected chi connectivity index (χ4v) is 3.84. The summed E-state index contributed by atoms with van der Waals surface area (Å²) in [6.45, 7) is -1.41. The number of halogens is 2. The molecule has 0 atom stereocenters. The minimum absolute atomic E-state index is 0.0499. The molecule has 0 radical (unpaired) electrons. The maximum absolute atomic E-state index is 14.2. The van der Waals surface area contributed by atoms with Crippen molar-refractivity contribution in [2.45, 2.75) is 0 Å². The van der Waals surface area contributed by atoms with Crippen molar-refractivity contribution in [1.29, 1.82) is 0 Å². The van der Waals surface area contributed by atoms with Crippen LogP contribution in [0.1, 0.15) is 0 Å². The number of methoxy groups -OCH3 is 1. The monoisotopic (exact) mass is 483 g/mol. The Balaban J connectivity index is 2.01. The molecule has 11 heteroatoms. The molecule has 0 saturated heterocycles. The number of aliphatic carboxylic acids is 2. The van der Waals surface area contributed by atoms with Gasteiger partial charge in [0.1, 0.15) is 29.5 Å². The largest absolute Gasteiger partial charge is 0.870 e. The zero-order valence-electron chi connectivity index (χ0n) is 18.0. The van der Waals surface area contributed by atoms with Crippen molar-refractivity contribution in [3.63, 3.8) is 0 Å². The molecule has 0 fully saturated rings. The summed E-state index contributed by atoms with van der Waals surface area (Å²) in [4.78, 5) is 35.2. The Bertz CT molecular complexity index is 1500. The van der Waals surface area contributed by atoms with Gasteiger partial charge < -0.3 is 34.2 Å². The Morgan fingerprint density at radius 1 is 1.09 bits per heavy atom. The van der Waals surface area contributed by atoms with Gasteiger partial charge in [-0.15, -0.1) is 0 Å². The topological polar surface area (TPSA) is 143 Å². The van der Waals surface area contributed by atoms with E-state index in [1.807, 2.05) is 0 Å². The molecule has 2 aromatic carbocycles. The third kappa shape index (κ3) is 4.43. The highest BCUT2D eigenvalue weighted by Crippen LogP contribution is 2.43. The maximum atomic E-state index is 14.2. The van der Waals surface area contributed by atoms with Gasteiger partial charge >= 0.3 is 5.97 Å². The molecular weight excluding hydrogens is 468 g/mol. The van der Waals surface area contributed by atoms with E-state index >= 15 is 0 Å². The molecule has 0 bridgehead atoms. The van der Waals surface area contributed by atoms with E-state index < -0.39 is 47.8 Å². The zero-order valence-corrected chi connectivity index (χ0v) is 18.0. The van der Waals surface area contributed by atoms with Crippen LogP contribution in [0.2, 0.25) is 0 Å². The normalized spacial score (nSPS) is 11.1. The van der Waals surface area contributed by atoms with Gasteiger partial charge in [-0.2, -0.15) is 0 Å². The van der Waals surface area contributed by atoms with Crippen molar-refractivity contribution in [2.24, 2.45) is 0 Å². The van der Waals surface area contributed by atoms with E-state index in [1.165, 1.54) is 25.3 Å². The van der Waals surface area contributed by atoms with Crippen molar-refractivity contribution in [1.82, 2.24) is 0 Å². The molecule has 2 aromatic rings. The maximum Gasteiger partial charge on any atom is 0.323 e. The summed E-state index contributed by atoms with van der Waals surface area (Å²) in [7, 11) is 1.27. The smallest absolute Gasteiger partial charge is 0.323 e. The van der Waals surface area contributed by atoms with Gasteiger partial charge in [-0.1, -0.05) is 11.8 Å². The Morgan fingerprint density at radius 3 is 2.49 bits per heavy atom. The van der Waals surface area contributed by atoms with Crippen LogP contribution in [0, 0.1) is 11.6 Å². The summed E-state index contributed by atoms with van der Waals surface area (Å²) in [6, 6.07) is 7.88. The van der Waals surface area contributed by atoms with Crippen LogP contribution in [0.15, 0.2) is 51.7 Å². The SMILES string of the molecule is COc1cc(-c2c3cc(F)c(=O)cc-3oc3cc([O-])c(F)cc23)ccc1N(CC(=O)[O-])CC(=O)O. The highest BCUT2D eigenvalue weighted by Gasteiger charge is 2.22. The van der Waals surface area contributed by atoms with Gasteiger partial charge in [0.2, 0.25) is 5.43 Å². The number of rotatable bonds is 7. The molecule has 1 aliphatic heterocycles. The summed E-state index contributed by atoms with van der Waals surface area (Å²) in [5.41, 5.74) is -0.296. The number of hydrogen-bond donors (Lipinski definition) is 1. The number of fused-ring (bicyclic) bond motifs is 2. The quantitative estimate of drug-likeness (QED) is 0.387. The van der Waals surface area contributed by atoms with E-state index in [1.54, 1.807) is 0 Å². The van der Waals surface area contributed by atoms with Crippen molar-refractivity contribution in [3.05, 3.63) is 64.3 Å². The van der Waals surface area contributed by atoms with E-state index in [9.17, 15) is 33.4 Å². The van der Waals surface area contributed by atoms with Crippen LogP contribution in [0.5, 0.6) is 11.5 Å². The number of hydrogen-bond acceptors (Lipinski definition) is 8. The minimum atomic E-state index is -1.52. The average molecular weight is 483 g/mol. The molecule has 0 saturated carbocycles. The molecule has 1 N–H and O–H groups in total. The molecule has 180 valence electrons. The summed E-state index contributed by atoms with van der Waals surface area (Å²) in [5.74, 6) is -5.95. The van der Waals surface area contributed by atoms with Gasteiger partial charge in [-0.25, -0.2) is 8.78 Å². The van der Waals surface area contributed by atoms with Gasteiger partial charge in [0.05, 0.1) is 25.3 Å². The van der Waals surface area contributed by atoms with Crippen molar-refractivity contribution in [3.8, 4) is 33.9 Å². The van der Waals surface area contributed by atoms with Gasteiger partial charge in [0.15, 0.2) is 5.82 Å². The van der Waals surface area contributed by atoms with Gasteiger partial charge in [0, 0.05) is 22.6 Å². The second-order valence-electron chi connectivity index (χ2n) is 7.54. The number of carboxylic acid groups (broad SMARTS) is 2. The molecule has 0 amide bonds. The first-order valence-corrected chi connectivity index (χ1v) is 10.0. The second kappa shape index (κ2) is 8.93. The second-order valence-corrected chi connectivity index (χ2v) is 7.54. The number of benzene rings is 3. The summed E-state index contributed by atoms with van der Waals surface area (Å²) in [5, 5.41) is 32.3. The predicted octanol–water partition coefficient (Wildman–Crippen LogP) is 1.57. The van der Waals surface area contributed by atoms with Crippen molar-refractivity contribution >= 4 is 28.6 Å². The third-order valence-electron chi connectivity index (χ3n) is 5.28. The van der Waals surface area contributed by atoms with Gasteiger partial charge in [0.25, 0.3) is 0 Å². The molecule has 0 spiro atoms. The molecule has 1 heterocycles. The lowest BCUT2D eigenvalue weighted by molar-refractivity contribution is -0.303. The highest BCUT2D eigenvalue weighted by molar-refractivity contribution is 6.02. The van der Waals surface area contributed by atoms with E-state index in [-0.39, 0.29) is 39.3 Å². The van der Waals surface area contributed by atoms with E-state index in [0.717, 1.165) is 29.2 Å². The number of carboxylic acids is 2. The fraction of sp³-hybridized carbons (Fsp3) is 0.125. The first kappa shape index (κ1) is 23.5. The predicted molar refractivity (Wildman–Crippen MR) is 115 cm³/mol. The lowest BCUT2D eigenvalue weighted by Gasteiger charge is -2.26. The summed E-state index contributed by atoms with van der Waals surface area (Å²) in [6.07, 6.45) is 0. The molecule has 0 aromatic heterocycles. The van der Waals surface area contributed by atoms with Crippen LogP contribution in [0.25, 0.3) is 33.4 Å². The van der Waals surface area contributed by atoms with Crippen LogP contribution < -0.4 is 25.3 Å². The molecule has 35 heavy (non-hydrogen) atoms. The van der Waals surface area contributed by atoms with E-state index in [0.29, 0.717) is 5.56 Å².